The van der Waals surface area contributed by atoms with E-state index in [1.807, 2.05) is 0 Å². The molecule has 0 aliphatic heterocycles. The van der Waals surface area contributed by atoms with Crippen molar-refractivity contribution in [2.45, 2.75) is 25.6 Å². The number of alkyl halides is 3. The van der Waals surface area contributed by atoms with Crippen molar-refractivity contribution in [1.29, 1.82) is 0 Å². The Balaban J connectivity index is 2.89. The van der Waals surface area contributed by atoms with Gasteiger partial charge in [0.05, 0.1) is 5.56 Å². The Kier molecular flexibility index (Phi) is 4.75. The maximum Gasteiger partial charge on any atom is 0.417 e. The SMILES string of the molecule is CC(N)CC(=O)Nc1ccc(Br)c(C(F)(F)F)c1. The van der Waals surface area contributed by atoms with Crippen LogP contribution in [0.2, 0.25) is 0 Å². The van der Waals surface area contributed by atoms with Gasteiger partial charge < -0.3 is 11.1 Å². The summed E-state index contributed by atoms with van der Waals surface area (Å²) in [7, 11) is 0. The van der Waals surface area contributed by atoms with Gasteiger partial charge in [0.2, 0.25) is 5.91 Å². The van der Waals surface area contributed by atoms with Gasteiger partial charge >= 0.3 is 6.18 Å². The molecule has 0 saturated heterocycles. The standard InChI is InChI=1S/C11H12BrF3N2O/c1-6(16)4-10(18)17-7-2-3-9(12)8(5-7)11(13,14)15/h2-3,5-6H,4,16H2,1H3,(H,17,18). The first-order chi connectivity index (χ1) is 8.20. The first-order valence-corrected chi connectivity index (χ1v) is 5.91. The van der Waals surface area contributed by atoms with Crippen LogP contribution in [0.15, 0.2) is 22.7 Å². The van der Waals surface area contributed by atoms with Crippen molar-refractivity contribution < 1.29 is 18.0 Å². The molecule has 0 bridgehead atoms. The van der Waals surface area contributed by atoms with Gasteiger partial charge in [-0.15, -0.1) is 0 Å². The topological polar surface area (TPSA) is 55.1 Å². The highest BCUT2D eigenvalue weighted by molar-refractivity contribution is 9.10. The van der Waals surface area contributed by atoms with Gasteiger partial charge in [-0.1, -0.05) is 15.9 Å². The molecule has 18 heavy (non-hydrogen) atoms. The van der Waals surface area contributed by atoms with Gasteiger partial charge in [0, 0.05) is 22.6 Å². The molecule has 0 saturated carbocycles. The molecule has 3 nitrogen and oxygen atoms in total. The predicted molar refractivity (Wildman–Crippen MR) is 66.0 cm³/mol. The normalized spacial score (nSPS) is 13.2. The Bertz CT molecular complexity index is 446. The van der Waals surface area contributed by atoms with E-state index >= 15 is 0 Å². The number of nitrogens with one attached hydrogen (secondary N) is 1. The van der Waals surface area contributed by atoms with E-state index < -0.39 is 17.6 Å². The predicted octanol–water partition coefficient (Wildman–Crippen LogP) is 3.14. The number of amides is 1. The minimum Gasteiger partial charge on any atom is -0.327 e. The Morgan fingerprint density at radius 3 is 2.61 bits per heavy atom. The first-order valence-electron chi connectivity index (χ1n) is 5.12. The molecule has 100 valence electrons. The second-order valence-corrected chi connectivity index (χ2v) is 4.78. The lowest BCUT2D eigenvalue weighted by Gasteiger charge is -2.12. The minimum absolute atomic E-state index is 0.0530. The Morgan fingerprint density at radius 2 is 2.11 bits per heavy atom. The van der Waals surface area contributed by atoms with E-state index in [4.69, 9.17) is 5.73 Å². The number of nitrogens with two attached hydrogens (primary N) is 1. The summed E-state index contributed by atoms with van der Waals surface area (Å²) in [4.78, 5) is 11.4. The van der Waals surface area contributed by atoms with Crippen LogP contribution in [0.5, 0.6) is 0 Å². The summed E-state index contributed by atoms with van der Waals surface area (Å²) < 4.78 is 37.8. The van der Waals surface area contributed by atoms with E-state index in [0.717, 1.165) is 6.07 Å². The van der Waals surface area contributed by atoms with Crippen LogP contribution in [0.1, 0.15) is 18.9 Å². The molecule has 1 aromatic carbocycles. The van der Waals surface area contributed by atoms with Crippen LogP contribution in [-0.4, -0.2) is 11.9 Å². The van der Waals surface area contributed by atoms with E-state index in [9.17, 15) is 18.0 Å². The van der Waals surface area contributed by atoms with Crippen molar-refractivity contribution in [1.82, 2.24) is 0 Å². The molecule has 3 N–H and O–H groups in total. The molecule has 0 aliphatic rings. The molecular weight excluding hydrogens is 313 g/mol. The summed E-state index contributed by atoms with van der Waals surface area (Å²) in [5.74, 6) is -0.416. The van der Waals surface area contributed by atoms with Gasteiger partial charge in [0.15, 0.2) is 0 Å². The van der Waals surface area contributed by atoms with E-state index in [-0.39, 0.29) is 22.6 Å². The highest BCUT2D eigenvalue weighted by Crippen LogP contribution is 2.36. The number of halogens is 4. The molecule has 7 heteroatoms. The second kappa shape index (κ2) is 5.71. The van der Waals surface area contributed by atoms with Crippen LogP contribution in [-0.2, 0) is 11.0 Å². The van der Waals surface area contributed by atoms with Crippen LogP contribution >= 0.6 is 15.9 Å². The van der Waals surface area contributed by atoms with Gasteiger partial charge in [-0.3, -0.25) is 4.79 Å². The monoisotopic (exact) mass is 324 g/mol. The highest BCUT2D eigenvalue weighted by atomic mass is 79.9. The average Bonchev–Trinajstić information content (AvgIpc) is 2.17. The second-order valence-electron chi connectivity index (χ2n) is 3.92. The third-order valence-electron chi connectivity index (χ3n) is 2.06. The summed E-state index contributed by atoms with van der Waals surface area (Å²) >= 11 is 2.82. The molecule has 0 aromatic heterocycles. The van der Waals surface area contributed by atoms with E-state index in [0.29, 0.717) is 0 Å². The maximum atomic E-state index is 12.6. The molecule has 0 radical (unpaired) electrons. The molecule has 1 atom stereocenters. The van der Waals surface area contributed by atoms with Crippen LogP contribution in [0.4, 0.5) is 18.9 Å². The van der Waals surface area contributed by atoms with Crippen LogP contribution in [0.3, 0.4) is 0 Å². The third kappa shape index (κ3) is 4.30. The summed E-state index contributed by atoms with van der Waals surface area (Å²) in [6.45, 7) is 1.64. The van der Waals surface area contributed by atoms with E-state index in [1.165, 1.54) is 12.1 Å². The van der Waals surface area contributed by atoms with E-state index in [1.54, 1.807) is 6.92 Å². The third-order valence-corrected chi connectivity index (χ3v) is 2.75. The number of benzene rings is 1. The molecule has 1 rings (SSSR count). The van der Waals surface area contributed by atoms with Gasteiger partial charge in [-0.2, -0.15) is 13.2 Å². The van der Waals surface area contributed by atoms with Gasteiger partial charge in [-0.05, 0) is 25.1 Å². The summed E-state index contributed by atoms with van der Waals surface area (Å²) in [6, 6.07) is 3.16. The molecule has 0 spiro atoms. The van der Waals surface area contributed by atoms with Gasteiger partial charge in [-0.25, -0.2) is 0 Å². The summed E-state index contributed by atoms with van der Waals surface area (Å²) in [5, 5.41) is 2.37. The quantitative estimate of drug-likeness (QED) is 0.897. The minimum atomic E-state index is -4.47. The fourth-order valence-electron chi connectivity index (χ4n) is 1.32. The lowest BCUT2D eigenvalue weighted by Crippen LogP contribution is -2.24. The zero-order chi connectivity index (χ0) is 13.9. The van der Waals surface area contributed by atoms with Crippen LogP contribution in [0.25, 0.3) is 0 Å². The van der Waals surface area contributed by atoms with Gasteiger partial charge in [0.25, 0.3) is 0 Å². The van der Waals surface area contributed by atoms with Crippen molar-refractivity contribution in [3.05, 3.63) is 28.2 Å². The number of hydrogen-bond acceptors (Lipinski definition) is 2. The largest absolute Gasteiger partial charge is 0.417 e. The van der Waals surface area contributed by atoms with Crippen molar-refractivity contribution in [3.63, 3.8) is 0 Å². The molecule has 0 aliphatic carbocycles. The Labute approximate surface area is 111 Å². The lowest BCUT2D eigenvalue weighted by molar-refractivity contribution is -0.138. The van der Waals surface area contributed by atoms with Crippen molar-refractivity contribution in [3.8, 4) is 0 Å². The molecule has 1 unspecified atom stereocenters. The number of carbonyl (C=O) groups is 1. The van der Waals surface area contributed by atoms with Crippen molar-refractivity contribution >= 4 is 27.5 Å². The first kappa shape index (κ1) is 15.0. The number of rotatable bonds is 3. The fourth-order valence-corrected chi connectivity index (χ4v) is 1.80. The van der Waals surface area contributed by atoms with Gasteiger partial charge in [0.1, 0.15) is 0 Å². The smallest absolute Gasteiger partial charge is 0.327 e. The number of hydrogen-bond donors (Lipinski definition) is 2. The van der Waals surface area contributed by atoms with Crippen molar-refractivity contribution in [2.24, 2.45) is 5.73 Å². The van der Waals surface area contributed by atoms with Crippen molar-refractivity contribution in [2.75, 3.05) is 5.32 Å². The summed E-state index contributed by atoms with van der Waals surface area (Å²) in [5.41, 5.74) is 4.68. The Morgan fingerprint density at radius 1 is 1.50 bits per heavy atom. The van der Waals surface area contributed by atoms with Crippen LogP contribution < -0.4 is 11.1 Å². The zero-order valence-corrected chi connectivity index (χ0v) is 11.1. The average molecular weight is 325 g/mol. The molecule has 1 aromatic rings. The molecule has 1 amide bonds. The Hall–Kier alpha value is -1.08. The highest BCUT2D eigenvalue weighted by Gasteiger charge is 2.33. The summed E-state index contributed by atoms with van der Waals surface area (Å²) in [6.07, 6.45) is -4.42. The number of carbonyl (C=O) groups excluding carboxylic acids is 1. The number of anilines is 1. The molecule has 0 heterocycles. The maximum absolute atomic E-state index is 12.6. The van der Waals surface area contributed by atoms with Crippen LogP contribution in [0, 0.1) is 0 Å². The zero-order valence-electron chi connectivity index (χ0n) is 9.51. The van der Waals surface area contributed by atoms with E-state index in [2.05, 4.69) is 21.2 Å². The fraction of sp³-hybridized carbons (Fsp3) is 0.364. The molecule has 0 fully saturated rings. The molecular formula is C11H12BrF3N2O. The lowest BCUT2D eigenvalue weighted by atomic mass is 10.2.